The summed E-state index contributed by atoms with van der Waals surface area (Å²) in [6.45, 7) is 2.06. The fourth-order valence-electron chi connectivity index (χ4n) is 3.18. The van der Waals surface area contributed by atoms with Crippen LogP contribution in [0.3, 0.4) is 0 Å². The Kier molecular flexibility index (Phi) is 4.92. The number of aryl methyl sites for hydroxylation is 1. The summed E-state index contributed by atoms with van der Waals surface area (Å²) < 4.78 is 38.2. The highest BCUT2D eigenvalue weighted by Crippen LogP contribution is 2.35. The summed E-state index contributed by atoms with van der Waals surface area (Å²) in [7, 11) is -0.832. The van der Waals surface area contributed by atoms with Gasteiger partial charge in [0, 0.05) is 18.7 Å². The van der Waals surface area contributed by atoms with E-state index in [2.05, 4.69) is 5.32 Å². The molecule has 0 radical (unpaired) electrons. The first-order valence-corrected chi connectivity index (χ1v) is 9.87. The van der Waals surface area contributed by atoms with Crippen LogP contribution < -0.4 is 14.8 Å². The van der Waals surface area contributed by atoms with E-state index in [1.165, 1.54) is 24.6 Å². The number of nitrogens with zero attached hydrogens (tertiary/aromatic N) is 1. The summed E-state index contributed by atoms with van der Waals surface area (Å²) in [5, 5.41) is 2.92. The van der Waals surface area contributed by atoms with E-state index in [0.717, 1.165) is 12.8 Å². The average molecular weight is 368 g/mol. The van der Waals surface area contributed by atoms with Crippen LogP contribution >= 0.6 is 0 Å². The van der Waals surface area contributed by atoms with Crippen LogP contribution in [0.5, 0.6) is 11.5 Å². The fraction of sp³-hybridized carbons (Fsp3) is 0.588. The lowest BCUT2D eigenvalue weighted by atomic mass is 10.2. The molecular weight excluding hydrogens is 344 g/mol. The molecule has 1 aliphatic heterocycles. The van der Waals surface area contributed by atoms with Crippen molar-refractivity contribution in [2.45, 2.75) is 49.6 Å². The smallest absolute Gasteiger partial charge is 0.244 e. The van der Waals surface area contributed by atoms with Crippen LogP contribution in [0, 0.1) is 6.92 Å². The van der Waals surface area contributed by atoms with E-state index in [1.54, 1.807) is 13.0 Å². The van der Waals surface area contributed by atoms with E-state index in [1.807, 2.05) is 0 Å². The van der Waals surface area contributed by atoms with Gasteiger partial charge in [0.1, 0.15) is 6.04 Å². The number of sulfonamides is 1. The van der Waals surface area contributed by atoms with Crippen molar-refractivity contribution in [3.63, 3.8) is 0 Å². The predicted molar refractivity (Wildman–Crippen MR) is 92.4 cm³/mol. The molecule has 1 saturated heterocycles. The highest BCUT2D eigenvalue weighted by molar-refractivity contribution is 7.89. The average Bonchev–Trinajstić information content (AvgIpc) is 3.24. The van der Waals surface area contributed by atoms with Crippen LogP contribution in [0.25, 0.3) is 0 Å². The fourth-order valence-corrected chi connectivity index (χ4v) is 5.06. The maximum Gasteiger partial charge on any atom is 0.244 e. The Morgan fingerprint density at radius 1 is 1.16 bits per heavy atom. The Bertz CT molecular complexity index is 773. The Morgan fingerprint density at radius 2 is 1.80 bits per heavy atom. The first-order valence-electron chi connectivity index (χ1n) is 8.43. The molecule has 3 rings (SSSR count). The third-order valence-corrected chi connectivity index (χ3v) is 6.75. The topological polar surface area (TPSA) is 84.9 Å². The van der Waals surface area contributed by atoms with Crippen molar-refractivity contribution >= 4 is 15.9 Å². The molecule has 1 heterocycles. The molecule has 1 atom stereocenters. The van der Waals surface area contributed by atoms with Crippen molar-refractivity contribution in [3.05, 3.63) is 17.7 Å². The Balaban J connectivity index is 1.93. The first kappa shape index (κ1) is 18.0. The molecule has 1 aromatic carbocycles. The van der Waals surface area contributed by atoms with Gasteiger partial charge < -0.3 is 14.8 Å². The molecule has 0 spiro atoms. The SMILES string of the molecule is COc1cc(C)c(S(=O)(=O)N2CCC[C@H]2C(=O)NC2CC2)cc1OC. The standard InChI is InChI=1S/C17H24N2O5S/c1-11-9-14(23-2)15(24-3)10-16(11)25(21,22)19-8-4-5-13(19)17(20)18-12-6-7-12/h9-10,12-13H,4-8H2,1-3H3,(H,18,20)/t13-/m0/s1. The van der Waals surface area contributed by atoms with E-state index in [9.17, 15) is 13.2 Å². The molecule has 7 nitrogen and oxygen atoms in total. The lowest BCUT2D eigenvalue weighted by molar-refractivity contribution is -0.124. The summed E-state index contributed by atoms with van der Waals surface area (Å²) in [6, 6.07) is 2.68. The van der Waals surface area contributed by atoms with Gasteiger partial charge in [0.25, 0.3) is 0 Å². The van der Waals surface area contributed by atoms with Crippen molar-refractivity contribution < 1.29 is 22.7 Å². The van der Waals surface area contributed by atoms with Gasteiger partial charge in [-0.15, -0.1) is 0 Å². The van der Waals surface area contributed by atoms with Crippen LogP contribution in [0.2, 0.25) is 0 Å². The number of carbonyl (C=O) groups is 1. The number of carbonyl (C=O) groups excluding carboxylic acids is 1. The zero-order valence-corrected chi connectivity index (χ0v) is 15.6. The second-order valence-corrected chi connectivity index (χ2v) is 8.39. The molecule has 25 heavy (non-hydrogen) atoms. The van der Waals surface area contributed by atoms with Gasteiger partial charge in [-0.1, -0.05) is 0 Å². The molecule has 2 aliphatic rings. The van der Waals surface area contributed by atoms with Gasteiger partial charge in [0.2, 0.25) is 15.9 Å². The molecule has 1 aromatic rings. The molecule has 2 fully saturated rings. The molecule has 1 aliphatic carbocycles. The van der Waals surface area contributed by atoms with Crippen molar-refractivity contribution in [2.75, 3.05) is 20.8 Å². The van der Waals surface area contributed by atoms with Gasteiger partial charge in [0.15, 0.2) is 11.5 Å². The van der Waals surface area contributed by atoms with Gasteiger partial charge in [-0.2, -0.15) is 4.31 Å². The minimum Gasteiger partial charge on any atom is -0.493 e. The number of benzene rings is 1. The van der Waals surface area contributed by atoms with E-state index in [-0.39, 0.29) is 16.8 Å². The lowest BCUT2D eigenvalue weighted by Crippen LogP contribution is -2.46. The minimum atomic E-state index is -3.80. The molecule has 0 aromatic heterocycles. The Labute approximate surface area is 148 Å². The Morgan fingerprint density at radius 3 is 2.40 bits per heavy atom. The maximum atomic E-state index is 13.2. The number of nitrogens with one attached hydrogen (secondary N) is 1. The normalized spacial score (nSPS) is 21.2. The molecule has 0 unspecified atom stereocenters. The number of hydrogen-bond acceptors (Lipinski definition) is 5. The predicted octanol–water partition coefficient (Wildman–Crippen LogP) is 1.44. The number of amides is 1. The van der Waals surface area contributed by atoms with Crippen LogP contribution in [0.1, 0.15) is 31.2 Å². The molecule has 1 saturated carbocycles. The lowest BCUT2D eigenvalue weighted by Gasteiger charge is -2.24. The van der Waals surface area contributed by atoms with Gasteiger partial charge >= 0.3 is 0 Å². The molecule has 0 bridgehead atoms. The highest BCUT2D eigenvalue weighted by Gasteiger charge is 2.41. The first-order chi connectivity index (χ1) is 11.9. The maximum absolute atomic E-state index is 13.2. The van der Waals surface area contributed by atoms with E-state index in [0.29, 0.717) is 36.4 Å². The van der Waals surface area contributed by atoms with E-state index < -0.39 is 16.1 Å². The number of ether oxygens (including phenoxy) is 2. The zero-order valence-electron chi connectivity index (χ0n) is 14.7. The van der Waals surface area contributed by atoms with Crippen LogP contribution in [-0.4, -0.2) is 51.5 Å². The highest BCUT2D eigenvalue weighted by atomic mass is 32.2. The van der Waals surface area contributed by atoms with Crippen molar-refractivity contribution in [2.24, 2.45) is 0 Å². The Hall–Kier alpha value is -1.80. The number of rotatable bonds is 6. The molecule has 1 N–H and O–H groups in total. The summed E-state index contributed by atoms with van der Waals surface area (Å²) in [6.07, 6.45) is 3.17. The van der Waals surface area contributed by atoms with Crippen LogP contribution in [-0.2, 0) is 14.8 Å². The van der Waals surface area contributed by atoms with E-state index in [4.69, 9.17) is 9.47 Å². The zero-order chi connectivity index (χ0) is 18.2. The summed E-state index contributed by atoms with van der Waals surface area (Å²) in [5.41, 5.74) is 0.561. The third-order valence-electron chi connectivity index (χ3n) is 4.70. The summed E-state index contributed by atoms with van der Waals surface area (Å²) in [5.74, 6) is 0.634. The monoisotopic (exact) mass is 368 g/mol. The van der Waals surface area contributed by atoms with Gasteiger partial charge in [-0.05, 0) is 44.2 Å². The largest absolute Gasteiger partial charge is 0.493 e. The number of methoxy groups -OCH3 is 2. The van der Waals surface area contributed by atoms with Gasteiger partial charge in [-0.3, -0.25) is 4.79 Å². The number of hydrogen-bond donors (Lipinski definition) is 1. The quantitative estimate of drug-likeness (QED) is 0.821. The van der Waals surface area contributed by atoms with Crippen LogP contribution in [0.15, 0.2) is 17.0 Å². The molecule has 1 amide bonds. The van der Waals surface area contributed by atoms with Gasteiger partial charge in [0.05, 0.1) is 19.1 Å². The second kappa shape index (κ2) is 6.84. The van der Waals surface area contributed by atoms with Crippen molar-refractivity contribution in [1.82, 2.24) is 9.62 Å². The van der Waals surface area contributed by atoms with Gasteiger partial charge in [-0.25, -0.2) is 8.42 Å². The third kappa shape index (κ3) is 3.46. The van der Waals surface area contributed by atoms with Crippen molar-refractivity contribution in [3.8, 4) is 11.5 Å². The van der Waals surface area contributed by atoms with Crippen molar-refractivity contribution in [1.29, 1.82) is 0 Å². The molecular formula is C17H24N2O5S. The second-order valence-electron chi connectivity index (χ2n) is 6.53. The molecule has 138 valence electrons. The minimum absolute atomic E-state index is 0.149. The summed E-state index contributed by atoms with van der Waals surface area (Å²) >= 11 is 0. The van der Waals surface area contributed by atoms with Crippen LogP contribution in [0.4, 0.5) is 0 Å². The summed E-state index contributed by atoms with van der Waals surface area (Å²) in [4.78, 5) is 12.6. The molecule has 8 heteroatoms. The van der Waals surface area contributed by atoms with E-state index >= 15 is 0 Å².